The second-order valence-corrected chi connectivity index (χ2v) is 18.0. The van der Waals surface area contributed by atoms with Gasteiger partial charge in [0, 0.05) is 85.8 Å². The molecule has 11 rings (SSSR count). The lowest BCUT2D eigenvalue weighted by Gasteiger charge is -2.74. The van der Waals surface area contributed by atoms with E-state index >= 15 is 4.39 Å². The van der Waals surface area contributed by atoms with Crippen LogP contribution in [0, 0.1) is 17.1 Å². The summed E-state index contributed by atoms with van der Waals surface area (Å²) < 4.78 is 18.9. The molecule has 3 aliphatic heterocycles. The molecule has 2 bridgehead atoms. The first-order valence-corrected chi connectivity index (χ1v) is 20.9. The number of rotatable bonds is 9. The molecule has 5 aromatic rings. The van der Waals surface area contributed by atoms with Gasteiger partial charge in [-0.15, -0.1) is 0 Å². The van der Waals surface area contributed by atoms with Crippen LogP contribution >= 0.6 is 0 Å². The van der Waals surface area contributed by atoms with E-state index in [2.05, 4.69) is 52.7 Å². The minimum absolute atomic E-state index is 0.0332. The van der Waals surface area contributed by atoms with Gasteiger partial charge >= 0.3 is 0 Å². The van der Waals surface area contributed by atoms with E-state index in [1.165, 1.54) is 16.8 Å². The first-order valence-electron chi connectivity index (χ1n) is 20.9. The van der Waals surface area contributed by atoms with Gasteiger partial charge in [0.25, 0.3) is 5.91 Å². The number of halogens is 1. The lowest BCUT2D eigenvalue weighted by Crippen LogP contribution is -2.80. The quantitative estimate of drug-likeness (QED) is 0.156. The van der Waals surface area contributed by atoms with Gasteiger partial charge < -0.3 is 20.6 Å². The van der Waals surface area contributed by atoms with Gasteiger partial charge in [-0.3, -0.25) is 34.2 Å². The molecule has 310 valence electrons. The number of anilines is 3. The summed E-state index contributed by atoms with van der Waals surface area (Å²) in [5.41, 5.74) is 3.23. The molecule has 3 saturated heterocycles. The molecule has 6 fully saturated rings. The van der Waals surface area contributed by atoms with E-state index < -0.39 is 11.6 Å². The molecule has 6 heterocycles. The smallest absolute Gasteiger partial charge is 0.274 e. The summed E-state index contributed by atoms with van der Waals surface area (Å²) in [4.78, 5) is 44.6. The number of nitrogens with one attached hydrogen (secondary N) is 3. The molecular weight excluding hydrogens is 766 g/mol. The Kier molecular flexibility index (Phi) is 9.01. The Bertz CT molecular complexity index is 2590. The first kappa shape index (κ1) is 38.3. The fourth-order valence-electron chi connectivity index (χ4n) is 10.5. The number of carbonyl (C=O) groups excluding carboxylic acids is 3. The zero-order chi connectivity index (χ0) is 41.6. The van der Waals surface area contributed by atoms with Crippen molar-refractivity contribution >= 4 is 51.2 Å². The van der Waals surface area contributed by atoms with Gasteiger partial charge in [0.1, 0.15) is 23.6 Å². The maximum absolute atomic E-state index is 15.3. The fraction of sp³-hybridized carbons (Fsp3) is 0.455. The van der Waals surface area contributed by atoms with E-state index in [0.29, 0.717) is 51.9 Å². The van der Waals surface area contributed by atoms with Crippen molar-refractivity contribution in [3.8, 4) is 6.07 Å². The van der Waals surface area contributed by atoms with Crippen molar-refractivity contribution in [3.05, 3.63) is 83.6 Å². The molecule has 0 spiro atoms. The van der Waals surface area contributed by atoms with E-state index in [9.17, 15) is 24.8 Å². The standard InChI is InChI=1S/C44H48FN11O4/c1-42(2,60)32-20-35-28(18-36(32)49-41(59)38-7-4-31-17-27(21-46)22-47-56(31)38)23-55(51-35)44-24-43(25-44,26-44)54-15-13-52(14-16-54)30-9-11-53(12-10-30)37-6-3-29(19-33(37)45)48-34-5-8-39(57)50-40(34)58/h3-4,6-7,17-20,22-23,30,34,48,60H,5,8-16,24-26H2,1-2H3,(H,49,59)(H,50,57,58). The van der Waals surface area contributed by atoms with Crippen LogP contribution in [0.5, 0.6) is 0 Å². The molecule has 1 unspecified atom stereocenters. The molecule has 3 aromatic heterocycles. The second-order valence-electron chi connectivity index (χ2n) is 18.0. The Hall–Kier alpha value is -5.89. The maximum atomic E-state index is 15.3. The van der Waals surface area contributed by atoms with E-state index in [-0.39, 0.29) is 41.0 Å². The van der Waals surface area contributed by atoms with Crippen molar-refractivity contribution in [2.24, 2.45) is 0 Å². The van der Waals surface area contributed by atoms with Crippen LogP contribution in [0.4, 0.5) is 21.5 Å². The Morgan fingerprint density at radius 2 is 1.75 bits per heavy atom. The summed E-state index contributed by atoms with van der Waals surface area (Å²) in [6, 6.07) is 15.9. The Morgan fingerprint density at radius 3 is 2.45 bits per heavy atom. The predicted octanol–water partition coefficient (Wildman–Crippen LogP) is 4.31. The van der Waals surface area contributed by atoms with E-state index in [4.69, 9.17) is 5.10 Å². The monoisotopic (exact) mass is 813 g/mol. The van der Waals surface area contributed by atoms with Crippen LogP contribution in [0.15, 0.2) is 60.9 Å². The number of nitriles is 1. The maximum Gasteiger partial charge on any atom is 0.274 e. The number of piperidine rings is 2. The Labute approximate surface area is 346 Å². The van der Waals surface area contributed by atoms with Crippen molar-refractivity contribution in [1.29, 1.82) is 5.26 Å². The third kappa shape index (κ3) is 6.55. The number of piperazine rings is 1. The lowest BCUT2D eigenvalue weighted by atomic mass is 9.43. The number of aromatic nitrogens is 4. The van der Waals surface area contributed by atoms with E-state index in [1.54, 1.807) is 38.1 Å². The number of carbonyl (C=O) groups is 3. The third-order valence-electron chi connectivity index (χ3n) is 13.7. The Morgan fingerprint density at radius 1 is 0.983 bits per heavy atom. The number of imide groups is 1. The topological polar surface area (TPSA) is 176 Å². The average molecular weight is 814 g/mol. The molecule has 4 N–H and O–H groups in total. The highest BCUT2D eigenvalue weighted by atomic mass is 19.1. The van der Waals surface area contributed by atoms with Gasteiger partial charge in [-0.1, -0.05) is 0 Å². The summed E-state index contributed by atoms with van der Waals surface area (Å²) in [6.07, 6.45) is 9.24. The molecule has 0 radical (unpaired) electrons. The molecule has 6 aliphatic rings. The first-order chi connectivity index (χ1) is 28.8. The van der Waals surface area contributed by atoms with Crippen molar-refractivity contribution in [2.45, 2.75) is 87.6 Å². The molecule has 3 aliphatic carbocycles. The second kappa shape index (κ2) is 14.1. The highest BCUT2D eigenvalue weighted by molar-refractivity contribution is 6.05. The molecule has 3 amide bonds. The summed E-state index contributed by atoms with van der Waals surface area (Å²) in [7, 11) is 0. The summed E-state index contributed by atoms with van der Waals surface area (Å²) in [5, 5.41) is 39.0. The highest BCUT2D eigenvalue weighted by Gasteiger charge is 2.71. The number of hydrogen-bond donors (Lipinski definition) is 4. The zero-order valence-electron chi connectivity index (χ0n) is 33.7. The van der Waals surface area contributed by atoms with Crippen LogP contribution in [-0.2, 0) is 20.7 Å². The summed E-state index contributed by atoms with van der Waals surface area (Å²) >= 11 is 0. The molecule has 3 saturated carbocycles. The predicted molar refractivity (Wildman–Crippen MR) is 222 cm³/mol. The minimum Gasteiger partial charge on any atom is -0.386 e. The van der Waals surface area contributed by atoms with Gasteiger partial charge in [-0.25, -0.2) is 8.91 Å². The number of amides is 3. The van der Waals surface area contributed by atoms with Gasteiger partial charge in [-0.05, 0) is 101 Å². The van der Waals surface area contributed by atoms with Gasteiger partial charge in [0.2, 0.25) is 11.8 Å². The van der Waals surface area contributed by atoms with Crippen LogP contribution < -0.4 is 20.9 Å². The van der Waals surface area contributed by atoms with E-state index in [0.717, 1.165) is 82.3 Å². The summed E-state index contributed by atoms with van der Waals surface area (Å²) in [5.74, 6) is -1.35. The SMILES string of the molecule is CC(C)(O)c1cc2nn(C34CC(N5CCN(C6CCN(c7ccc(NC8CCC(=O)NC8=O)cc7F)CC6)CC5)(C3)C4)cc2cc1NC(=O)c1ccc2cc(C#N)cnn12. The molecule has 15 nitrogen and oxygen atoms in total. The lowest BCUT2D eigenvalue weighted by molar-refractivity contribution is -0.218. The molecule has 60 heavy (non-hydrogen) atoms. The largest absolute Gasteiger partial charge is 0.386 e. The number of benzene rings is 2. The van der Waals surface area contributed by atoms with Crippen LogP contribution in [0.25, 0.3) is 16.4 Å². The van der Waals surface area contributed by atoms with Crippen LogP contribution in [0.1, 0.15) is 80.4 Å². The zero-order valence-corrected chi connectivity index (χ0v) is 33.7. The van der Waals surface area contributed by atoms with Crippen molar-refractivity contribution in [3.63, 3.8) is 0 Å². The van der Waals surface area contributed by atoms with Crippen molar-refractivity contribution in [1.82, 2.24) is 34.5 Å². The highest BCUT2D eigenvalue weighted by Crippen LogP contribution is 2.68. The molecule has 16 heteroatoms. The van der Waals surface area contributed by atoms with E-state index in [1.807, 2.05) is 18.2 Å². The van der Waals surface area contributed by atoms with Crippen molar-refractivity contribution < 1.29 is 23.9 Å². The average Bonchev–Trinajstić information content (AvgIpc) is 3.82. The van der Waals surface area contributed by atoms with Crippen LogP contribution in [-0.4, -0.2) is 109 Å². The summed E-state index contributed by atoms with van der Waals surface area (Å²) in [6.45, 7) is 9.04. The third-order valence-corrected chi connectivity index (χ3v) is 13.7. The Balaban J connectivity index is 0.739. The minimum atomic E-state index is -1.24. The molecule has 2 aromatic carbocycles. The van der Waals surface area contributed by atoms with Crippen molar-refractivity contribution in [2.75, 3.05) is 54.8 Å². The number of nitrogens with zero attached hydrogens (tertiary/aromatic N) is 8. The molecule has 1 atom stereocenters. The number of aliphatic hydroxyl groups is 1. The number of fused-ring (bicyclic) bond motifs is 2. The normalized spacial score (nSPS) is 25.1. The molecular formula is C44H48FN11O4. The van der Waals surface area contributed by atoms with Gasteiger partial charge in [-0.2, -0.15) is 15.5 Å². The van der Waals surface area contributed by atoms with Crippen LogP contribution in [0.2, 0.25) is 0 Å². The fourth-order valence-corrected chi connectivity index (χ4v) is 10.5. The van der Waals surface area contributed by atoms with Gasteiger partial charge in [0.15, 0.2) is 0 Å². The van der Waals surface area contributed by atoms with Gasteiger partial charge in [0.05, 0.1) is 39.6 Å². The van der Waals surface area contributed by atoms with Crippen LogP contribution in [0.3, 0.4) is 0 Å². The number of hydrogen-bond acceptors (Lipinski definition) is 11.